The number of ether oxygens (including phenoxy) is 5. The quantitative estimate of drug-likeness (QED) is 0.310. The molecule has 3 heterocycles. The van der Waals surface area contributed by atoms with E-state index in [0.717, 1.165) is 0 Å². The lowest BCUT2D eigenvalue weighted by molar-refractivity contribution is 0.0518. The highest BCUT2D eigenvalue weighted by Gasteiger charge is 2.28. The number of benzene rings is 3. The summed E-state index contributed by atoms with van der Waals surface area (Å²) in [5.41, 5.74) is 3.78. The van der Waals surface area contributed by atoms with Gasteiger partial charge in [0.2, 0.25) is 6.79 Å². The standard InChI is InChI=1S/C26H22N4O7/c1-4-34-26(31)25-23(27-16-6-5-7-17-24(16)29-37-28-17)15-11-20(32-2)21(33-3)12-18(15)30(25)14-8-9-19-22(10-14)36-13-35-19/h5-12,27H,4,13H2,1-3H3. The third-order valence-electron chi connectivity index (χ3n) is 6.10. The molecular weight excluding hydrogens is 480 g/mol. The van der Waals surface area contributed by atoms with Crippen LogP contribution in [0.15, 0.2) is 53.2 Å². The number of hydrogen-bond acceptors (Lipinski definition) is 10. The number of nitrogens with one attached hydrogen (secondary N) is 1. The van der Waals surface area contributed by atoms with Crippen LogP contribution >= 0.6 is 0 Å². The molecule has 11 heteroatoms. The molecule has 0 saturated heterocycles. The van der Waals surface area contributed by atoms with Gasteiger partial charge in [-0.15, -0.1) is 0 Å². The predicted molar refractivity (Wildman–Crippen MR) is 134 cm³/mol. The second kappa shape index (κ2) is 8.94. The number of methoxy groups -OCH3 is 2. The van der Waals surface area contributed by atoms with Gasteiger partial charge >= 0.3 is 5.97 Å². The van der Waals surface area contributed by atoms with Gasteiger partial charge < -0.3 is 33.6 Å². The minimum Gasteiger partial charge on any atom is -0.493 e. The Morgan fingerprint density at radius 2 is 1.84 bits per heavy atom. The summed E-state index contributed by atoms with van der Waals surface area (Å²) in [5.74, 6) is 1.67. The van der Waals surface area contributed by atoms with Crippen LogP contribution in [0.25, 0.3) is 27.6 Å². The lowest BCUT2D eigenvalue weighted by atomic mass is 10.1. The molecule has 0 radical (unpaired) electrons. The predicted octanol–water partition coefficient (Wildman–Crippen LogP) is 4.83. The van der Waals surface area contributed by atoms with Gasteiger partial charge in [0.15, 0.2) is 34.2 Å². The fourth-order valence-corrected chi connectivity index (χ4v) is 4.47. The van der Waals surface area contributed by atoms with Gasteiger partial charge in [0, 0.05) is 17.5 Å². The third-order valence-corrected chi connectivity index (χ3v) is 6.10. The highest BCUT2D eigenvalue weighted by atomic mass is 16.7. The maximum absolute atomic E-state index is 13.5. The number of rotatable bonds is 7. The molecule has 11 nitrogen and oxygen atoms in total. The van der Waals surface area contributed by atoms with Gasteiger partial charge in [0.05, 0.1) is 43.4 Å². The molecule has 0 unspecified atom stereocenters. The van der Waals surface area contributed by atoms with E-state index in [-0.39, 0.29) is 19.1 Å². The van der Waals surface area contributed by atoms with E-state index < -0.39 is 5.97 Å². The van der Waals surface area contributed by atoms with E-state index in [9.17, 15) is 4.79 Å². The summed E-state index contributed by atoms with van der Waals surface area (Å²) in [6.45, 7) is 2.08. The third kappa shape index (κ3) is 3.63. The lowest BCUT2D eigenvalue weighted by Gasteiger charge is -2.13. The molecule has 0 bridgehead atoms. The number of carbonyl (C=O) groups is 1. The van der Waals surface area contributed by atoms with Crippen LogP contribution in [0.2, 0.25) is 0 Å². The zero-order valence-electron chi connectivity index (χ0n) is 20.2. The van der Waals surface area contributed by atoms with Crippen molar-refractivity contribution in [2.75, 3.05) is 32.9 Å². The van der Waals surface area contributed by atoms with Crippen molar-refractivity contribution in [1.29, 1.82) is 0 Å². The Kier molecular flexibility index (Phi) is 5.44. The van der Waals surface area contributed by atoms with Crippen molar-refractivity contribution in [1.82, 2.24) is 14.9 Å². The van der Waals surface area contributed by atoms with Crippen molar-refractivity contribution in [3.63, 3.8) is 0 Å². The van der Waals surface area contributed by atoms with Crippen LogP contribution in [0.1, 0.15) is 17.4 Å². The summed E-state index contributed by atoms with van der Waals surface area (Å²) in [7, 11) is 3.11. The highest BCUT2D eigenvalue weighted by molar-refractivity contribution is 6.11. The summed E-state index contributed by atoms with van der Waals surface area (Å²) in [6.07, 6.45) is 0. The smallest absolute Gasteiger partial charge is 0.357 e. The molecule has 0 amide bonds. The molecule has 0 atom stereocenters. The summed E-state index contributed by atoms with van der Waals surface area (Å²) < 4.78 is 34.5. The Morgan fingerprint density at radius 3 is 2.65 bits per heavy atom. The molecule has 3 aromatic carbocycles. The van der Waals surface area contributed by atoms with Crippen molar-refractivity contribution < 1.29 is 33.1 Å². The fraction of sp³-hybridized carbons (Fsp3) is 0.192. The topological polar surface area (TPSA) is 119 Å². The van der Waals surface area contributed by atoms with E-state index in [0.29, 0.717) is 62.0 Å². The van der Waals surface area contributed by atoms with Crippen LogP contribution < -0.4 is 24.3 Å². The number of carbonyl (C=O) groups excluding carboxylic acids is 1. The van der Waals surface area contributed by atoms with Gasteiger partial charge in [-0.2, -0.15) is 0 Å². The van der Waals surface area contributed by atoms with Gasteiger partial charge in [-0.3, -0.25) is 0 Å². The van der Waals surface area contributed by atoms with Crippen molar-refractivity contribution in [2.45, 2.75) is 6.92 Å². The molecule has 0 spiro atoms. The van der Waals surface area contributed by atoms with E-state index in [1.807, 2.05) is 36.4 Å². The van der Waals surface area contributed by atoms with E-state index in [1.54, 1.807) is 37.8 Å². The first kappa shape index (κ1) is 22.5. The first-order valence-electron chi connectivity index (χ1n) is 11.5. The average Bonchev–Trinajstić information content (AvgIpc) is 3.65. The largest absolute Gasteiger partial charge is 0.493 e. The summed E-state index contributed by atoms with van der Waals surface area (Å²) in [6, 6.07) is 14.5. The summed E-state index contributed by atoms with van der Waals surface area (Å²) >= 11 is 0. The van der Waals surface area contributed by atoms with Crippen molar-refractivity contribution in [2.24, 2.45) is 0 Å². The van der Waals surface area contributed by atoms with E-state index in [1.165, 1.54) is 0 Å². The van der Waals surface area contributed by atoms with Crippen molar-refractivity contribution >= 4 is 39.3 Å². The molecule has 1 N–H and O–H groups in total. The second-order valence-corrected chi connectivity index (χ2v) is 8.10. The van der Waals surface area contributed by atoms with E-state index in [4.69, 9.17) is 28.3 Å². The maximum Gasteiger partial charge on any atom is 0.357 e. The SMILES string of the molecule is CCOC(=O)c1c(Nc2cccc3nonc23)c2cc(OC)c(OC)cc2n1-c1ccc2c(c1)OCO2. The Bertz CT molecular complexity index is 1660. The van der Waals surface area contributed by atoms with E-state index >= 15 is 0 Å². The Balaban J connectivity index is 1.67. The Morgan fingerprint density at radius 1 is 1.03 bits per heavy atom. The van der Waals surface area contributed by atoms with Crippen LogP contribution in [0, 0.1) is 0 Å². The first-order valence-corrected chi connectivity index (χ1v) is 11.5. The number of aromatic nitrogens is 3. The monoisotopic (exact) mass is 502 g/mol. The fourth-order valence-electron chi connectivity index (χ4n) is 4.47. The summed E-state index contributed by atoms with van der Waals surface area (Å²) in [5, 5.41) is 12.0. The first-order chi connectivity index (χ1) is 18.1. The molecular formula is C26H22N4O7. The highest BCUT2D eigenvalue weighted by Crippen LogP contribution is 2.44. The van der Waals surface area contributed by atoms with Crippen LogP contribution in [0.4, 0.5) is 11.4 Å². The molecule has 1 aliphatic heterocycles. The van der Waals surface area contributed by atoms with Gasteiger partial charge in [0.1, 0.15) is 5.52 Å². The molecule has 0 fully saturated rings. The molecule has 2 aromatic heterocycles. The molecule has 188 valence electrons. The lowest BCUT2D eigenvalue weighted by Crippen LogP contribution is -2.13. The maximum atomic E-state index is 13.5. The second-order valence-electron chi connectivity index (χ2n) is 8.10. The molecule has 5 aromatic rings. The zero-order valence-corrected chi connectivity index (χ0v) is 20.2. The van der Waals surface area contributed by atoms with Crippen LogP contribution in [0.3, 0.4) is 0 Å². The van der Waals surface area contributed by atoms with E-state index in [2.05, 4.69) is 15.6 Å². The minimum absolute atomic E-state index is 0.128. The zero-order chi connectivity index (χ0) is 25.5. The molecule has 0 aliphatic carbocycles. The Hall–Kier alpha value is -4.93. The number of nitrogens with zero attached hydrogens (tertiary/aromatic N) is 3. The Labute approximate surface area is 210 Å². The van der Waals surface area contributed by atoms with Crippen LogP contribution in [0.5, 0.6) is 23.0 Å². The van der Waals surface area contributed by atoms with Crippen LogP contribution in [-0.4, -0.2) is 48.5 Å². The normalized spacial score (nSPS) is 12.2. The number of fused-ring (bicyclic) bond motifs is 3. The van der Waals surface area contributed by atoms with Gasteiger partial charge in [-0.25, -0.2) is 9.42 Å². The van der Waals surface area contributed by atoms with Crippen LogP contribution in [-0.2, 0) is 4.74 Å². The van der Waals surface area contributed by atoms with Crippen molar-refractivity contribution in [3.05, 3.63) is 54.2 Å². The minimum atomic E-state index is -0.526. The number of anilines is 2. The number of hydrogen-bond donors (Lipinski definition) is 1. The summed E-state index contributed by atoms with van der Waals surface area (Å²) in [4.78, 5) is 13.5. The van der Waals surface area contributed by atoms with Gasteiger partial charge in [-0.05, 0) is 47.6 Å². The van der Waals surface area contributed by atoms with Crippen molar-refractivity contribution in [3.8, 4) is 28.7 Å². The average molecular weight is 502 g/mol. The van der Waals surface area contributed by atoms with Gasteiger partial charge in [-0.1, -0.05) is 6.07 Å². The molecule has 0 saturated carbocycles. The number of esters is 1. The van der Waals surface area contributed by atoms with Gasteiger partial charge in [0.25, 0.3) is 0 Å². The molecule has 6 rings (SSSR count). The molecule has 1 aliphatic rings. The molecule has 37 heavy (non-hydrogen) atoms.